The third-order valence-corrected chi connectivity index (χ3v) is 3.59. The first-order chi connectivity index (χ1) is 9.70. The zero-order chi connectivity index (χ0) is 14.4. The minimum absolute atomic E-state index is 0.0474. The fourth-order valence-electron chi connectivity index (χ4n) is 2.47. The summed E-state index contributed by atoms with van der Waals surface area (Å²) in [4.78, 5) is 14.0. The highest BCUT2D eigenvalue weighted by molar-refractivity contribution is 5.81. The maximum Gasteiger partial charge on any atom is 0.239 e. The summed E-state index contributed by atoms with van der Waals surface area (Å²) in [5.41, 5.74) is 7.79. The molecule has 0 atom stereocenters. The van der Waals surface area contributed by atoms with Crippen LogP contribution in [0.25, 0.3) is 0 Å². The second-order valence-electron chi connectivity index (χ2n) is 5.14. The molecule has 0 bridgehead atoms. The topological polar surface area (TPSA) is 67.6 Å². The zero-order valence-corrected chi connectivity index (χ0v) is 12.0. The molecule has 3 N–H and O–H groups in total. The average Bonchev–Trinajstić information content (AvgIpc) is 2.48. The Bertz CT molecular complexity index is 444. The molecule has 0 spiro atoms. The van der Waals surface area contributed by atoms with Crippen LogP contribution in [-0.4, -0.2) is 38.8 Å². The number of anilines is 1. The van der Waals surface area contributed by atoms with Gasteiger partial charge in [0.2, 0.25) is 5.91 Å². The third kappa shape index (κ3) is 3.95. The van der Waals surface area contributed by atoms with E-state index >= 15 is 0 Å². The molecule has 0 aromatic heterocycles. The van der Waals surface area contributed by atoms with Crippen molar-refractivity contribution in [1.29, 1.82) is 0 Å². The van der Waals surface area contributed by atoms with Crippen molar-refractivity contribution in [1.82, 2.24) is 5.32 Å². The molecule has 5 heteroatoms. The van der Waals surface area contributed by atoms with E-state index in [9.17, 15) is 4.79 Å². The molecule has 1 aromatic carbocycles. The maximum absolute atomic E-state index is 12.1. The van der Waals surface area contributed by atoms with E-state index < -0.39 is 0 Å². The summed E-state index contributed by atoms with van der Waals surface area (Å²) in [6.45, 7) is 2.28. The van der Waals surface area contributed by atoms with E-state index in [1.54, 1.807) is 0 Å². The molecule has 20 heavy (non-hydrogen) atoms. The van der Waals surface area contributed by atoms with Crippen molar-refractivity contribution in [2.24, 2.45) is 5.73 Å². The Balaban J connectivity index is 1.89. The fraction of sp³-hybridized carbons (Fsp3) is 0.533. The summed E-state index contributed by atoms with van der Waals surface area (Å²) >= 11 is 0. The minimum Gasteiger partial charge on any atom is -0.381 e. The Morgan fingerprint density at radius 3 is 2.80 bits per heavy atom. The van der Waals surface area contributed by atoms with Crippen molar-refractivity contribution in [3.05, 3.63) is 29.8 Å². The summed E-state index contributed by atoms with van der Waals surface area (Å²) in [6.07, 6.45) is 1.80. The monoisotopic (exact) mass is 277 g/mol. The number of ether oxygens (including phenoxy) is 1. The van der Waals surface area contributed by atoms with Crippen molar-refractivity contribution < 1.29 is 9.53 Å². The highest BCUT2D eigenvalue weighted by atomic mass is 16.5. The summed E-state index contributed by atoms with van der Waals surface area (Å²) in [5, 5.41) is 3.07. The molecule has 0 radical (unpaired) electrons. The number of carbonyl (C=O) groups excluding carboxylic acids is 1. The van der Waals surface area contributed by atoms with Gasteiger partial charge in [-0.2, -0.15) is 0 Å². The smallest absolute Gasteiger partial charge is 0.239 e. The van der Waals surface area contributed by atoms with Crippen LogP contribution in [0.3, 0.4) is 0 Å². The highest BCUT2D eigenvalue weighted by Crippen LogP contribution is 2.18. The van der Waals surface area contributed by atoms with E-state index in [2.05, 4.69) is 5.32 Å². The van der Waals surface area contributed by atoms with E-state index in [4.69, 9.17) is 10.5 Å². The predicted octanol–water partition coefficient (Wildman–Crippen LogP) is 0.877. The first-order valence-electron chi connectivity index (χ1n) is 7.07. The average molecular weight is 277 g/mol. The number of hydrogen-bond acceptors (Lipinski definition) is 4. The van der Waals surface area contributed by atoms with Gasteiger partial charge in [0.1, 0.15) is 0 Å². The molecule has 1 aliphatic heterocycles. The van der Waals surface area contributed by atoms with Crippen LogP contribution in [0.15, 0.2) is 24.3 Å². The number of amides is 1. The van der Waals surface area contributed by atoms with E-state index in [-0.39, 0.29) is 11.9 Å². The molecule has 2 rings (SSSR count). The molecular formula is C15H23N3O2. The van der Waals surface area contributed by atoms with Gasteiger partial charge in [-0.3, -0.25) is 4.79 Å². The van der Waals surface area contributed by atoms with Gasteiger partial charge in [-0.25, -0.2) is 0 Å². The molecule has 0 aliphatic carbocycles. The predicted molar refractivity (Wildman–Crippen MR) is 79.6 cm³/mol. The molecule has 0 unspecified atom stereocenters. The normalized spacial score (nSPS) is 15.9. The molecule has 5 nitrogen and oxygen atoms in total. The van der Waals surface area contributed by atoms with Gasteiger partial charge in [-0.1, -0.05) is 18.2 Å². The lowest BCUT2D eigenvalue weighted by molar-refractivity contribution is -0.121. The van der Waals surface area contributed by atoms with Crippen molar-refractivity contribution in [2.75, 3.05) is 31.7 Å². The molecule has 1 aliphatic rings. The second-order valence-corrected chi connectivity index (χ2v) is 5.14. The first kappa shape index (κ1) is 14.8. The number of rotatable bonds is 5. The van der Waals surface area contributed by atoms with Gasteiger partial charge in [-0.15, -0.1) is 0 Å². The first-order valence-corrected chi connectivity index (χ1v) is 7.07. The number of hydrogen-bond donors (Lipinski definition) is 2. The van der Waals surface area contributed by atoms with Crippen LogP contribution in [-0.2, 0) is 16.1 Å². The Kier molecular flexibility index (Phi) is 5.38. The Morgan fingerprint density at radius 2 is 2.10 bits per heavy atom. The van der Waals surface area contributed by atoms with Gasteiger partial charge in [0.05, 0.1) is 6.54 Å². The number of nitrogens with two attached hydrogens (primary N) is 1. The van der Waals surface area contributed by atoms with Gasteiger partial charge in [-0.05, 0) is 24.5 Å². The Hall–Kier alpha value is -1.59. The lowest BCUT2D eigenvalue weighted by Gasteiger charge is -2.26. The van der Waals surface area contributed by atoms with Gasteiger partial charge < -0.3 is 20.7 Å². The van der Waals surface area contributed by atoms with Crippen molar-refractivity contribution >= 4 is 11.6 Å². The maximum atomic E-state index is 12.1. The van der Waals surface area contributed by atoms with Crippen LogP contribution in [0, 0.1) is 0 Å². The van der Waals surface area contributed by atoms with Crippen LogP contribution in [0.2, 0.25) is 0 Å². The van der Waals surface area contributed by atoms with E-state index in [1.165, 1.54) is 0 Å². The Morgan fingerprint density at radius 1 is 1.40 bits per heavy atom. The van der Waals surface area contributed by atoms with Crippen molar-refractivity contribution in [3.8, 4) is 0 Å². The third-order valence-electron chi connectivity index (χ3n) is 3.59. The summed E-state index contributed by atoms with van der Waals surface area (Å²) in [7, 11) is 1.91. The van der Waals surface area contributed by atoms with Gasteiger partial charge in [0.15, 0.2) is 0 Å². The number of nitrogens with one attached hydrogen (secondary N) is 1. The number of nitrogens with zero attached hydrogens (tertiary/aromatic N) is 1. The van der Waals surface area contributed by atoms with E-state index in [1.807, 2.05) is 36.2 Å². The summed E-state index contributed by atoms with van der Waals surface area (Å²) in [6, 6.07) is 8.14. The van der Waals surface area contributed by atoms with Crippen LogP contribution < -0.4 is 16.0 Å². The molecule has 1 fully saturated rings. The Labute approximate surface area is 120 Å². The van der Waals surface area contributed by atoms with Gasteiger partial charge in [0.25, 0.3) is 0 Å². The second kappa shape index (κ2) is 7.26. The van der Waals surface area contributed by atoms with Crippen LogP contribution in [0.1, 0.15) is 18.4 Å². The highest BCUT2D eigenvalue weighted by Gasteiger charge is 2.17. The molecule has 1 amide bonds. The molecule has 1 aromatic rings. The van der Waals surface area contributed by atoms with Crippen LogP contribution >= 0.6 is 0 Å². The van der Waals surface area contributed by atoms with E-state index in [0.29, 0.717) is 13.1 Å². The lowest BCUT2D eigenvalue weighted by Crippen LogP contribution is -2.43. The van der Waals surface area contributed by atoms with Crippen molar-refractivity contribution in [2.45, 2.75) is 25.4 Å². The summed E-state index contributed by atoms with van der Waals surface area (Å²) in [5.74, 6) is 0.0474. The lowest BCUT2D eigenvalue weighted by atomic mass is 10.1. The van der Waals surface area contributed by atoms with E-state index in [0.717, 1.165) is 37.3 Å². The standard InChI is InChI=1S/C15H23N3O2/c1-18(14-5-3-2-4-12(14)10-16)11-15(19)17-13-6-8-20-9-7-13/h2-5,13H,6-11,16H2,1H3,(H,17,19). The van der Waals surface area contributed by atoms with Crippen molar-refractivity contribution in [3.63, 3.8) is 0 Å². The number of benzene rings is 1. The SMILES string of the molecule is CN(CC(=O)NC1CCOCC1)c1ccccc1CN. The molecular weight excluding hydrogens is 254 g/mol. The molecule has 1 heterocycles. The molecule has 110 valence electrons. The van der Waals surface area contributed by atoms with Crippen LogP contribution in [0.5, 0.6) is 0 Å². The fourth-order valence-corrected chi connectivity index (χ4v) is 2.47. The van der Waals surface area contributed by atoms with Gasteiger partial charge >= 0.3 is 0 Å². The molecule has 1 saturated heterocycles. The number of likely N-dealkylation sites (N-methyl/N-ethyl adjacent to an activating group) is 1. The molecule has 0 saturated carbocycles. The van der Waals surface area contributed by atoms with Crippen LogP contribution in [0.4, 0.5) is 5.69 Å². The van der Waals surface area contributed by atoms with Gasteiger partial charge in [0, 0.05) is 38.5 Å². The number of para-hydroxylation sites is 1. The zero-order valence-electron chi connectivity index (χ0n) is 12.0. The largest absolute Gasteiger partial charge is 0.381 e. The minimum atomic E-state index is 0.0474. The number of carbonyl (C=O) groups is 1. The quantitative estimate of drug-likeness (QED) is 0.838. The summed E-state index contributed by atoms with van der Waals surface area (Å²) < 4.78 is 5.29.